The fourth-order valence-corrected chi connectivity index (χ4v) is 3.60. The maximum atomic E-state index is 12.7. The molecule has 5 N–H and O–H groups in total. The van der Waals surface area contributed by atoms with Crippen molar-refractivity contribution >= 4 is 67.9 Å². The number of benzene rings is 4. The molecule has 0 bridgehead atoms. The summed E-state index contributed by atoms with van der Waals surface area (Å²) < 4.78 is 33.9. The summed E-state index contributed by atoms with van der Waals surface area (Å²) in [7, 11) is -3.67. The third kappa shape index (κ3) is 18.0. The van der Waals surface area contributed by atoms with Crippen molar-refractivity contribution in [3.05, 3.63) is 90.5 Å². The first-order chi connectivity index (χ1) is 21.6. The Morgan fingerprint density at radius 3 is 1.89 bits per heavy atom. The van der Waals surface area contributed by atoms with Crippen LogP contribution in [-0.2, 0) is 56.5 Å². The Labute approximate surface area is 302 Å². The minimum absolute atomic E-state index is 0. The topological polar surface area (TPSA) is 197 Å². The summed E-state index contributed by atoms with van der Waals surface area (Å²) in [5.74, 6) is -0.532. The Hall–Kier alpha value is -2.48. The SMILES string of the molecule is CC.CC.CS(=O)(=O)O.CSOO.O=C(Nc1cccc2cc(SOOO)c(N=Nc3ccccc3)c(O)c12)c1ccccc1.[Y]. The predicted octanol–water partition coefficient (Wildman–Crippen LogP) is 8.95. The third-order valence-electron chi connectivity index (χ3n) is 4.61. The van der Waals surface area contributed by atoms with Gasteiger partial charge in [0.05, 0.1) is 34.6 Å². The van der Waals surface area contributed by atoms with Gasteiger partial charge in [0.1, 0.15) is 5.69 Å². The monoisotopic (exact) mass is 772 g/mol. The van der Waals surface area contributed by atoms with Crippen LogP contribution in [0.5, 0.6) is 5.75 Å². The van der Waals surface area contributed by atoms with Crippen LogP contribution >= 0.6 is 24.1 Å². The fourth-order valence-electron chi connectivity index (χ4n) is 3.10. The van der Waals surface area contributed by atoms with Gasteiger partial charge in [0, 0.05) is 62.0 Å². The number of anilines is 1. The molecule has 0 fully saturated rings. The van der Waals surface area contributed by atoms with E-state index in [1.807, 2.05) is 52.0 Å². The number of carbonyl (C=O) groups excluding carboxylic acids is 1. The molecule has 1 amide bonds. The number of azo groups is 1. The molecule has 17 heteroatoms. The number of amides is 1. The molecule has 0 aliphatic heterocycles. The van der Waals surface area contributed by atoms with Gasteiger partial charge in [-0.2, -0.15) is 17.9 Å². The second kappa shape index (κ2) is 26.6. The van der Waals surface area contributed by atoms with Crippen LogP contribution in [0, 0.1) is 0 Å². The predicted molar refractivity (Wildman–Crippen MR) is 179 cm³/mol. The summed E-state index contributed by atoms with van der Waals surface area (Å²) in [6.07, 6.45) is 2.34. The minimum atomic E-state index is -3.67. The molecule has 46 heavy (non-hydrogen) atoms. The number of hydrogen-bond donors (Lipinski definition) is 5. The molecule has 249 valence electrons. The van der Waals surface area contributed by atoms with E-state index in [-0.39, 0.29) is 50.1 Å². The molecule has 0 unspecified atom stereocenters. The van der Waals surface area contributed by atoms with Gasteiger partial charge < -0.3 is 10.4 Å². The van der Waals surface area contributed by atoms with Gasteiger partial charge in [-0.15, -0.1) is 9.45 Å². The first-order valence-electron chi connectivity index (χ1n) is 13.1. The average molecular weight is 773 g/mol. The zero-order valence-electron chi connectivity index (χ0n) is 26.0. The number of nitrogens with zero attached hydrogens (tertiary/aromatic N) is 2. The largest absolute Gasteiger partial charge is 0.505 e. The number of phenols is 1. The molecule has 0 saturated carbocycles. The second-order valence-corrected chi connectivity index (χ2v) is 10.2. The number of nitrogens with one attached hydrogen (secondary N) is 1. The maximum Gasteiger partial charge on any atom is 0.261 e. The van der Waals surface area contributed by atoms with E-state index in [0.29, 0.717) is 50.9 Å². The van der Waals surface area contributed by atoms with E-state index < -0.39 is 10.1 Å². The number of hydrogen-bond acceptors (Lipinski definition) is 13. The van der Waals surface area contributed by atoms with E-state index in [2.05, 4.69) is 29.3 Å². The smallest absolute Gasteiger partial charge is 0.261 e. The molecule has 4 aromatic carbocycles. The quantitative estimate of drug-likeness (QED) is 0.0375. The molecule has 4 rings (SSSR count). The molecule has 0 aliphatic rings. The van der Waals surface area contributed by atoms with Crippen molar-refractivity contribution in [1.82, 2.24) is 0 Å². The molecule has 0 heterocycles. The number of aromatic hydroxyl groups is 1. The number of rotatable bonds is 8. The van der Waals surface area contributed by atoms with E-state index in [4.69, 9.17) is 15.1 Å². The summed E-state index contributed by atoms with van der Waals surface area (Å²) in [4.78, 5) is 13.0. The van der Waals surface area contributed by atoms with Gasteiger partial charge in [-0.1, -0.05) is 81.3 Å². The molecular formula is C29H37N3O10S3Y. The summed E-state index contributed by atoms with van der Waals surface area (Å²) in [6.45, 7) is 8.00. The van der Waals surface area contributed by atoms with Crippen LogP contribution in [0.2, 0.25) is 0 Å². The third-order valence-corrected chi connectivity index (χ3v) is 5.38. The van der Waals surface area contributed by atoms with Crippen LogP contribution in [0.1, 0.15) is 38.1 Å². The van der Waals surface area contributed by atoms with Crippen LogP contribution < -0.4 is 5.32 Å². The minimum Gasteiger partial charge on any atom is -0.505 e. The molecule has 1 radical (unpaired) electrons. The van der Waals surface area contributed by atoms with E-state index in [9.17, 15) is 18.3 Å². The zero-order valence-corrected chi connectivity index (χ0v) is 31.3. The summed E-state index contributed by atoms with van der Waals surface area (Å²) >= 11 is 1.57. The van der Waals surface area contributed by atoms with Crippen LogP contribution in [0.4, 0.5) is 17.1 Å². The summed E-state index contributed by atoms with van der Waals surface area (Å²) in [6, 6.07) is 24.6. The van der Waals surface area contributed by atoms with Gasteiger partial charge in [0.15, 0.2) is 5.75 Å². The Kier molecular flexibility index (Phi) is 26.4. The van der Waals surface area contributed by atoms with Crippen LogP contribution in [0.15, 0.2) is 100 Å². The van der Waals surface area contributed by atoms with Crippen molar-refractivity contribution in [2.75, 3.05) is 17.8 Å². The number of fused-ring (bicyclic) bond motifs is 1. The molecule has 4 aromatic rings. The van der Waals surface area contributed by atoms with Crippen molar-refractivity contribution in [3.8, 4) is 5.75 Å². The maximum absolute atomic E-state index is 12.7. The molecular weight excluding hydrogens is 735 g/mol. The van der Waals surface area contributed by atoms with Gasteiger partial charge in [-0.25, -0.2) is 10.5 Å². The summed E-state index contributed by atoms with van der Waals surface area (Å²) in [5, 5.41) is 42.8. The average Bonchev–Trinajstić information content (AvgIpc) is 3.05. The molecule has 13 nitrogen and oxygen atoms in total. The first-order valence-corrected chi connectivity index (χ1v) is 16.9. The normalized spacial score (nSPS) is 9.93. The molecule has 0 aliphatic carbocycles. The van der Waals surface area contributed by atoms with Gasteiger partial charge in [0.25, 0.3) is 16.0 Å². The van der Waals surface area contributed by atoms with Gasteiger partial charge in [-0.3, -0.25) is 9.35 Å². The van der Waals surface area contributed by atoms with Gasteiger partial charge in [0.2, 0.25) is 0 Å². The Morgan fingerprint density at radius 1 is 0.870 bits per heavy atom. The van der Waals surface area contributed by atoms with Crippen LogP contribution in [-0.4, -0.2) is 47.0 Å². The number of phenolic OH excluding ortho intramolecular Hbond substituents is 1. The van der Waals surface area contributed by atoms with E-state index in [0.717, 1.165) is 12.0 Å². The number of carbonyl (C=O) groups is 1. The van der Waals surface area contributed by atoms with Gasteiger partial charge in [-0.05, 0) is 41.8 Å². The van der Waals surface area contributed by atoms with Crippen molar-refractivity contribution in [1.29, 1.82) is 0 Å². The van der Waals surface area contributed by atoms with E-state index in [1.54, 1.807) is 66.9 Å². The Balaban J connectivity index is 0. The second-order valence-electron chi connectivity index (χ2n) is 7.53. The van der Waals surface area contributed by atoms with E-state index >= 15 is 0 Å². The van der Waals surface area contributed by atoms with Crippen molar-refractivity contribution in [2.45, 2.75) is 32.6 Å². The molecule has 0 spiro atoms. The van der Waals surface area contributed by atoms with Crippen molar-refractivity contribution in [2.24, 2.45) is 10.2 Å². The van der Waals surface area contributed by atoms with Crippen molar-refractivity contribution < 1.29 is 79.8 Å². The molecule has 0 atom stereocenters. The standard InChI is InChI=1S/C23H17N3O5S.2C2H6.CH4O3S.CH4O2S.Y/c27-22-20-16(10-7-13-18(20)24-23(28)15-8-3-1-4-9-15)14-19(32-31-30-29)21(22)26-25-17-11-5-2-6-12-17;2*1-2;1-5(2,3)4;1-4-3-2;/h1-14,27,29H,(H,24,28);2*1-2H3;1H3,(H,2,3,4);2H,1H3;. The Bertz CT molecular complexity index is 1540. The molecule has 0 saturated heterocycles. The van der Waals surface area contributed by atoms with Crippen molar-refractivity contribution in [3.63, 3.8) is 0 Å². The van der Waals surface area contributed by atoms with Crippen LogP contribution in [0.3, 0.4) is 0 Å². The van der Waals surface area contributed by atoms with Crippen LogP contribution in [0.25, 0.3) is 10.8 Å². The molecule has 0 aromatic heterocycles. The fraction of sp³-hybridized carbons (Fsp3) is 0.207. The zero-order chi connectivity index (χ0) is 34.3. The first kappa shape index (κ1) is 45.6. The van der Waals surface area contributed by atoms with E-state index in [1.165, 1.54) is 0 Å². The Morgan fingerprint density at radius 2 is 1.39 bits per heavy atom. The summed E-state index contributed by atoms with van der Waals surface area (Å²) in [5.41, 5.74) is 1.55. The van der Waals surface area contributed by atoms with Gasteiger partial charge >= 0.3 is 0 Å².